The number of unbranched alkanes of at least 4 members (excludes halogenated alkanes) is 2. The number of fused-ring (bicyclic) bond motifs is 5. The molecule has 3 nitrogen and oxygen atoms in total. The maximum atomic E-state index is 15.8. The minimum Gasteiger partial charge on any atom is -0.508 e. The first-order valence-electron chi connectivity index (χ1n) is 12.8. The Balaban J connectivity index is 1.33. The van der Waals surface area contributed by atoms with E-state index >= 15 is 4.39 Å². The summed E-state index contributed by atoms with van der Waals surface area (Å²) in [5, 5.41) is 20.8. The minimum atomic E-state index is -0.903. The first kappa shape index (κ1) is 21.7. The molecule has 7 atom stereocenters. The summed E-state index contributed by atoms with van der Waals surface area (Å²) in [5.41, 5.74) is 2.01. The Morgan fingerprint density at radius 3 is 2.74 bits per heavy atom. The van der Waals surface area contributed by atoms with Gasteiger partial charge in [-0.2, -0.15) is 0 Å². The van der Waals surface area contributed by atoms with Crippen molar-refractivity contribution in [3.05, 3.63) is 29.3 Å². The number of halogens is 1. The van der Waals surface area contributed by atoms with Crippen LogP contribution in [0.25, 0.3) is 0 Å². The zero-order valence-electron chi connectivity index (χ0n) is 19.1. The Hall–Kier alpha value is -1.13. The van der Waals surface area contributed by atoms with E-state index in [1.165, 1.54) is 51.7 Å². The lowest BCUT2D eigenvalue weighted by molar-refractivity contribution is -0.0722. The summed E-state index contributed by atoms with van der Waals surface area (Å²) < 4.78 is 15.8. The third-order valence-electron chi connectivity index (χ3n) is 9.52. The van der Waals surface area contributed by atoms with Gasteiger partial charge in [-0.1, -0.05) is 25.8 Å². The normalized spacial score (nSPS) is 39.8. The SMILES string of the molecule is CC12C[C@H](F)C3c4ccc(O)cc4CC(CCCCCN4CCCC4)C3C1CC[C@@H]2O. The Labute approximate surface area is 187 Å². The average Bonchev–Trinajstić information content (AvgIpc) is 3.35. The molecule has 1 saturated heterocycles. The van der Waals surface area contributed by atoms with E-state index in [0.717, 1.165) is 36.8 Å². The number of aromatic hydroxyl groups is 1. The number of hydrogen-bond donors (Lipinski definition) is 2. The van der Waals surface area contributed by atoms with Crippen LogP contribution in [-0.2, 0) is 6.42 Å². The molecule has 4 heteroatoms. The molecule has 1 aromatic rings. The van der Waals surface area contributed by atoms with Crippen molar-refractivity contribution in [1.82, 2.24) is 4.90 Å². The number of aliphatic hydroxyl groups is 1. The fourth-order valence-corrected chi connectivity index (χ4v) is 7.96. The number of phenols is 1. The highest BCUT2D eigenvalue weighted by Crippen LogP contribution is 2.63. The van der Waals surface area contributed by atoms with E-state index in [2.05, 4.69) is 11.8 Å². The highest BCUT2D eigenvalue weighted by molar-refractivity contribution is 5.41. The molecule has 31 heavy (non-hydrogen) atoms. The van der Waals surface area contributed by atoms with Gasteiger partial charge in [0.05, 0.1) is 6.10 Å². The van der Waals surface area contributed by atoms with Crippen LogP contribution in [0.3, 0.4) is 0 Å². The number of nitrogens with zero attached hydrogens (tertiary/aromatic N) is 1. The second kappa shape index (κ2) is 8.67. The molecule has 5 unspecified atom stereocenters. The monoisotopic (exact) mass is 429 g/mol. The zero-order valence-corrected chi connectivity index (χ0v) is 19.1. The lowest BCUT2D eigenvalue weighted by atomic mass is 9.51. The van der Waals surface area contributed by atoms with Crippen molar-refractivity contribution in [1.29, 1.82) is 0 Å². The molecule has 3 fully saturated rings. The highest BCUT2D eigenvalue weighted by Gasteiger charge is 2.59. The molecule has 0 spiro atoms. The number of aliphatic hydroxyl groups excluding tert-OH is 1. The Bertz CT molecular complexity index is 778. The van der Waals surface area contributed by atoms with E-state index in [1.54, 1.807) is 6.07 Å². The maximum Gasteiger partial charge on any atom is 0.115 e. The van der Waals surface area contributed by atoms with Crippen LogP contribution in [0.5, 0.6) is 5.75 Å². The van der Waals surface area contributed by atoms with Gasteiger partial charge in [0.15, 0.2) is 0 Å². The van der Waals surface area contributed by atoms with E-state index in [-0.39, 0.29) is 17.4 Å². The van der Waals surface area contributed by atoms with Crippen molar-refractivity contribution >= 4 is 0 Å². The lowest BCUT2D eigenvalue weighted by Crippen LogP contribution is -2.51. The minimum absolute atomic E-state index is 0.0673. The molecule has 2 N–H and O–H groups in total. The quantitative estimate of drug-likeness (QED) is 0.592. The molecular weight excluding hydrogens is 389 g/mol. The van der Waals surface area contributed by atoms with Gasteiger partial charge in [0.2, 0.25) is 0 Å². The van der Waals surface area contributed by atoms with Crippen molar-refractivity contribution < 1.29 is 14.6 Å². The van der Waals surface area contributed by atoms with Crippen LogP contribution in [0.1, 0.15) is 81.8 Å². The van der Waals surface area contributed by atoms with Crippen molar-refractivity contribution in [3.8, 4) is 5.75 Å². The second-order valence-electron chi connectivity index (χ2n) is 11.3. The predicted octanol–water partition coefficient (Wildman–Crippen LogP) is 5.44. The summed E-state index contributed by atoms with van der Waals surface area (Å²) in [6.07, 6.45) is 9.60. The number of rotatable bonds is 6. The van der Waals surface area contributed by atoms with Gasteiger partial charge in [-0.25, -0.2) is 4.39 Å². The first-order chi connectivity index (χ1) is 15.0. The van der Waals surface area contributed by atoms with Gasteiger partial charge in [0.25, 0.3) is 0 Å². The summed E-state index contributed by atoms with van der Waals surface area (Å²) in [7, 11) is 0. The van der Waals surface area contributed by atoms with Crippen molar-refractivity contribution in [3.63, 3.8) is 0 Å². The molecule has 172 valence electrons. The number of hydrogen-bond acceptors (Lipinski definition) is 3. The van der Waals surface area contributed by atoms with Crippen LogP contribution < -0.4 is 0 Å². The van der Waals surface area contributed by atoms with Gasteiger partial charge >= 0.3 is 0 Å². The molecule has 0 aromatic heterocycles. The van der Waals surface area contributed by atoms with Crippen LogP contribution in [0.4, 0.5) is 4.39 Å². The molecule has 1 heterocycles. The summed E-state index contributed by atoms with van der Waals surface area (Å²) >= 11 is 0. The number of alkyl halides is 1. The lowest BCUT2D eigenvalue weighted by Gasteiger charge is -2.54. The van der Waals surface area contributed by atoms with E-state index in [1.807, 2.05) is 12.1 Å². The van der Waals surface area contributed by atoms with Crippen LogP contribution in [0, 0.1) is 23.2 Å². The zero-order chi connectivity index (χ0) is 21.6. The number of likely N-dealkylation sites (tertiary alicyclic amines) is 1. The third-order valence-corrected chi connectivity index (χ3v) is 9.52. The fraction of sp³-hybridized carbons (Fsp3) is 0.778. The summed E-state index contributed by atoms with van der Waals surface area (Å²) in [5.74, 6) is 1.42. The Morgan fingerprint density at radius 1 is 1.13 bits per heavy atom. The summed E-state index contributed by atoms with van der Waals surface area (Å²) in [6, 6.07) is 5.60. The summed E-state index contributed by atoms with van der Waals surface area (Å²) in [4.78, 5) is 2.59. The summed E-state index contributed by atoms with van der Waals surface area (Å²) in [6.45, 7) is 5.92. The van der Waals surface area contributed by atoms with Crippen molar-refractivity contribution in [2.24, 2.45) is 23.2 Å². The van der Waals surface area contributed by atoms with Crippen LogP contribution in [-0.4, -0.2) is 47.0 Å². The molecule has 0 bridgehead atoms. The second-order valence-corrected chi connectivity index (χ2v) is 11.3. The molecule has 5 rings (SSSR count). The standard InChI is InChI=1S/C27H40FNO2/c1-27-17-23(28)26-21-9-8-20(30)16-19(21)15-18(25(26)22(27)10-11-24(27)31)7-3-2-4-12-29-13-5-6-14-29/h8-9,16,18,22-26,30-31H,2-7,10-15,17H2,1H3/t18?,22?,23-,24-,25?,26?,27?/m0/s1. The van der Waals surface area contributed by atoms with Gasteiger partial charge in [-0.05, 0) is 117 Å². The van der Waals surface area contributed by atoms with Crippen LogP contribution >= 0.6 is 0 Å². The molecule has 4 aliphatic rings. The van der Waals surface area contributed by atoms with Crippen molar-refractivity contribution in [2.45, 2.75) is 89.3 Å². The van der Waals surface area contributed by atoms with E-state index in [9.17, 15) is 10.2 Å². The number of benzene rings is 1. The van der Waals surface area contributed by atoms with Gasteiger partial charge in [-0.15, -0.1) is 0 Å². The van der Waals surface area contributed by atoms with Crippen LogP contribution in [0.15, 0.2) is 18.2 Å². The van der Waals surface area contributed by atoms with Gasteiger partial charge in [0.1, 0.15) is 11.9 Å². The fourth-order valence-electron chi connectivity index (χ4n) is 7.96. The van der Waals surface area contributed by atoms with Crippen LogP contribution in [0.2, 0.25) is 0 Å². The molecule has 2 saturated carbocycles. The maximum absolute atomic E-state index is 15.8. The van der Waals surface area contributed by atoms with Gasteiger partial charge < -0.3 is 15.1 Å². The Morgan fingerprint density at radius 2 is 1.94 bits per heavy atom. The van der Waals surface area contributed by atoms with E-state index in [0.29, 0.717) is 29.9 Å². The third kappa shape index (κ3) is 3.93. The molecule has 0 radical (unpaired) electrons. The molecule has 0 amide bonds. The predicted molar refractivity (Wildman–Crippen MR) is 122 cm³/mol. The molecule has 1 aromatic carbocycles. The van der Waals surface area contributed by atoms with E-state index < -0.39 is 6.17 Å². The molecule has 3 aliphatic carbocycles. The van der Waals surface area contributed by atoms with Gasteiger partial charge in [0, 0.05) is 5.92 Å². The first-order valence-corrected chi connectivity index (χ1v) is 12.8. The van der Waals surface area contributed by atoms with Gasteiger partial charge in [-0.3, -0.25) is 0 Å². The van der Waals surface area contributed by atoms with Crippen molar-refractivity contribution in [2.75, 3.05) is 19.6 Å². The van der Waals surface area contributed by atoms with E-state index in [4.69, 9.17) is 0 Å². The molecular formula is C27H40FNO2. The topological polar surface area (TPSA) is 43.7 Å². The Kier molecular flexibility index (Phi) is 6.07. The smallest absolute Gasteiger partial charge is 0.115 e. The largest absolute Gasteiger partial charge is 0.508 e. The number of phenolic OH excluding ortho intramolecular Hbond substituents is 1. The highest BCUT2D eigenvalue weighted by atomic mass is 19.1. The molecule has 1 aliphatic heterocycles. The average molecular weight is 430 g/mol.